The molecule has 0 saturated carbocycles. The Balaban J connectivity index is 1.96. The van der Waals surface area contributed by atoms with Crippen LogP contribution in [0.4, 0.5) is 0 Å². The van der Waals surface area contributed by atoms with E-state index in [4.69, 9.17) is 18.9 Å². The number of amides is 3. The minimum Gasteiger partial charge on any atom is -0.379 e. The molecule has 1 heterocycles. The van der Waals surface area contributed by atoms with Crippen LogP contribution < -0.4 is 10.6 Å². The molecule has 0 fully saturated rings. The van der Waals surface area contributed by atoms with E-state index in [2.05, 4.69) is 17.2 Å². The van der Waals surface area contributed by atoms with E-state index >= 15 is 0 Å². The first-order chi connectivity index (χ1) is 16.5. The molecule has 1 aliphatic heterocycles. The molecule has 0 aromatic rings. The minimum absolute atomic E-state index is 0.0832. The van der Waals surface area contributed by atoms with Gasteiger partial charge in [-0.15, -0.1) is 0 Å². The summed E-state index contributed by atoms with van der Waals surface area (Å²) < 4.78 is 22.0. The first-order valence-corrected chi connectivity index (χ1v) is 12.1. The van der Waals surface area contributed by atoms with Gasteiger partial charge in [0.1, 0.15) is 5.60 Å². The first-order valence-electron chi connectivity index (χ1n) is 12.1. The number of rotatable bonds is 19. The molecule has 10 nitrogen and oxygen atoms in total. The van der Waals surface area contributed by atoms with Crippen molar-refractivity contribution in [3.05, 3.63) is 24.4 Å². The number of nitrogens with one attached hydrogen (secondary N) is 2. The third-order valence-corrected chi connectivity index (χ3v) is 5.56. The molecule has 0 radical (unpaired) electrons. The van der Waals surface area contributed by atoms with Crippen LogP contribution in [-0.4, -0.2) is 93.6 Å². The Labute approximate surface area is 209 Å². The van der Waals surface area contributed by atoms with E-state index in [0.717, 1.165) is 0 Å². The van der Waals surface area contributed by atoms with Crippen LogP contribution in [0.2, 0.25) is 0 Å². The molecule has 0 aliphatic carbocycles. The van der Waals surface area contributed by atoms with Crippen molar-refractivity contribution >= 4 is 17.7 Å². The lowest BCUT2D eigenvalue weighted by Crippen LogP contribution is -2.46. The number of ether oxygens (including phenoxy) is 4. The predicted molar refractivity (Wildman–Crippen MR) is 133 cm³/mol. The molecule has 1 aliphatic rings. The lowest BCUT2D eigenvalue weighted by molar-refractivity contribution is -0.145. The standard InChI is InChI=1S/C25H43N3O7/c1-20-9-10-22(30)28(20)14-7-8-21(29)26-12-16-33-18-19-34-17-13-27-23(31)25(4,5)35-15-11-24(2,3)32-6/h9-10H,1,7-8,11-19H2,2-6H3,(H,26,29)(H,27,31). The van der Waals surface area contributed by atoms with Gasteiger partial charge in [-0.25, -0.2) is 0 Å². The Morgan fingerprint density at radius 3 is 2.17 bits per heavy atom. The second kappa shape index (κ2) is 15.7. The summed E-state index contributed by atoms with van der Waals surface area (Å²) in [4.78, 5) is 37.3. The highest BCUT2D eigenvalue weighted by molar-refractivity contribution is 5.93. The van der Waals surface area contributed by atoms with Crippen LogP contribution in [0.3, 0.4) is 0 Å². The lowest BCUT2D eigenvalue weighted by atomic mass is 10.1. The van der Waals surface area contributed by atoms with Crippen LogP contribution in [0.1, 0.15) is 47.0 Å². The number of hydrogen-bond acceptors (Lipinski definition) is 7. The zero-order chi connectivity index (χ0) is 26.3. The van der Waals surface area contributed by atoms with E-state index < -0.39 is 5.60 Å². The SMILES string of the molecule is C=C1C=CC(=O)N1CCCC(=O)NCCOCCOCCNC(=O)C(C)(C)OCCC(C)(C)OC. The molecule has 3 amide bonds. The average Bonchev–Trinajstić information content (AvgIpc) is 3.12. The van der Waals surface area contributed by atoms with E-state index in [-0.39, 0.29) is 23.3 Å². The third kappa shape index (κ3) is 12.8. The van der Waals surface area contributed by atoms with Crippen molar-refractivity contribution in [2.45, 2.75) is 58.2 Å². The zero-order valence-electron chi connectivity index (χ0n) is 21.9. The van der Waals surface area contributed by atoms with Gasteiger partial charge in [0, 0.05) is 44.9 Å². The Bertz CT molecular complexity index is 717. The Morgan fingerprint density at radius 2 is 1.60 bits per heavy atom. The Morgan fingerprint density at radius 1 is 0.971 bits per heavy atom. The summed E-state index contributed by atoms with van der Waals surface area (Å²) in [5.74, 6) is -0.374. The first kappa shape index (κ1) is 30.8. The highest BCUT2D eigenvalue weighted by atomic mass is 16.5. The number of carbonyl (C=O) groups excluding carboxylic acids is 3. The third-order valence-electron chi connectivity index (χ3n) is 5.56. The van der Waals surface area contributed by atoms with E-state index in [1.54, 1.807) is 31.9 Å². The normalized spacial score (nSPS) is 14.0. The van der Waals surface area contributed by atoms with Gasteiger partial charge in [0.05, 0.1) is 38.6 Å². The quantitative estimate of drug-likeness (QED) is 0.260. The number of nitrogens with zero attached hydrogens (tertiary/aromatic N) is 1. The lowest BCUT2D eigenvalue weighted by Gasteiger charge is -2.28. The molecule has 0 spiro atoms. The topological polar surface area (TPSA) is 115 Å². The van der Waals surface area contributed by atoms with Gasteiger partial charge in [-0.3, -0.25) is 14.4 Å². The summed E-state index contributed by atoms with van der Waals surface area (Å²) in [7, 11) is 1.65. The molecule has 1 rings (SSSR count). The highest BCUT2D eigenvalue weighted by Gasteiger charge is 2.29. The molecule has 2 N–H and O–H groups in total. The summed E-state index contributed by atoms with van der Waals surface area (Å²) >= 11 is 0. The van der Waals surface area contributed by atoms with Gasteiger partial charge in [0.15, 0.2) is 0 Å². The van der Waals surface area contributed by atoms with Crippen molar-refractivity contribution in [1.29, 1.82) is 0 Å². The largest absolute Gasteiger partial charge is 0.379 e. The van der Waals surface area contributed by atoms with Crippen molar-refractivity contribution in [3.63, 3.8) is 0 Å². The summed E-state index contributed by atoms with van der Waals surface area (Å²) in [6.45, 7) is 14.4. The molecule has 0 bridgehead atoms. The molecule has 0 aromatic heterocycles. The van der Waals surface area contributed by atoms with Crippen molar-refractivity contribution in [3.8, 4) is 0 Å². The molecule has 0 aromatic carbocycles. The summed E-state index contributed by atoms with van der Waals surface area (Å²) in [6, 6.07) is 0. The van der Waals surface area contributed by atoms with E-state index in [9.17, 15) is 14.4 Å². The number of methoxy groups -OCH3 is 1. The monoisotopic (exact) mass is 497 g/mol. The number of allylic oxidation sites excluding steroid dienone is 1. The van der Waals surface area contributed by atoms with Gasteiger partial charge < -0.3 is 34.5 Å². The van der Waals surface area contributed by atoms with Crippen LogP contribution in [0.25, 0.3) is 0 Å². The summed E-state index contributed by atoms with van der Waals surface area (Å²) in [5, 5.41) is 5.59. The van der Waals surface area contributed by atoms with Crippen molar-refractivity contribution in [1.82, 2.24) is 15.5 Å². The number of carbonyl (C=O) groups is 3. The molecule has 0 unspecified atom stereocenters. The van der Waals surface area contributed by atoms with Crippen molar-refractivity contribution in [2.75, 3.05) is 59.8 Å². The maximum Gasteiger partial charge on any atom is 0.251 e. The molecule has 0 atom stereocenters. The van der Waals surface area contributed by atoms with Crippen LogP contribution >= 0.6 is 0 Å². The fourth-order valence-electron chi connectivity index (χ4n) is 2.98. The van der Waals surface area contributed by atoms with Crippen molar-refractivity contribution in [2.24, 2.45) is 0 Å². The number of hydrogen-bond donors (Lipinski definition) is 2. The van der Waals surface area contributed by atoms with Crippen LogP contribution in [0.15, 0.2) is 24.4 Å². The fourth-order valence-corrected chi connectivity index (χ4v) is 2.98. The fraction of sp³-hybridized carbons (Fsp3) is 0.720. The molecular formula is C25H43N3O7. The molecular weight excluding hydrogens is 454 g/mol. The molecule has 0 saturated heterocycles. The van der Waals surface area contributed by atoms with Gasteiger partial charge in [-0.05, 0) is 46.6 Å². The molecule has 10 heteroatoms. The summed E-state index contributed by atoms with van der Waals surface area (Å²) in [5.41, 5.74) is -0.573. The van der Waals surface area contributed by atoms with E-state index in [0.29, 0.717) is 77.6 Å². The van der Waals surface area contributed by atoms with Crippen molar-refractivity contribution < 1.29 is 33.3 Å². The van der Waals surface area contributed by atoms with Crippen LogP contribution in [0, 0.1) is 0 Å². The van der Waals surface area contributed by atoms with Gasteiger partial charge in [-0.2, -0.15) is 0 Å². The maximum absolute atomic E-state index is 12.3. The Kier molecular flexibility index (Phi) is 13.8. The molecule has 35 heavy (non-hydrogen) atoms. The van der Waals surface area contributed by atoms with Gasteiger partial charge in [0.25, 0.3) is 11.8 Å². The Hall–Kier alpha value is -2.27. The zero-order valence-corrected chi connectivity index (χ0v) is 21.9. The average molecular weight is 498 g/mol. The maximum atomic E-state index is 12.3. The highest BCUT2D eigenvalue weighted by Crippen LogP contribution is 2.16. The minimum atomic E-state index is -0.936. The van der Waals surface area contributed by atoms with Gasteiger partial charge in [-0.1, -0.05) is 6.58 Å². The predicted octanol–water partition coefficient (Wildman–Crippen LogP) is 1.55. The van der Waals surface area contributed by atoms with Gasteiger partial charge >= 0.3 is 0 Å². The second-order valence-electron chi connectivity index (χ2n) is 9.32. The van der Waals surface area contributed by atoms with E-state index in [1.807, 2.05) is 13.8 Å². The second-order valence-corrected chi connectivity index (χ2v) is 9.32. The van der Waals surface area contributed by atoms with Crippen LogP contribution in [-0.2, 0) is 33.3 Å². The molecule has 200 valence electrons. The van der Waals surface area contributed by atoms with Gasteiger partial charge in [0.2, 0.25) is 5.91 Å². The van der Waals surface area contributed by atoms with Crippen LogP contribution in [0.5, 0.6) is 0 Å². The summed E-state index contributed by atoms with van der Waals surface area (Å²) in [6.07, 6.45) is 4.73. The van der Waals surface area contributed by atoms with E-state index in [1.165, 1.54) is 6.08 Å². The smallest absolute Gasteiger partial charge is 0.251 e.